The van der Waals surface area contributed by atoms with Gasteiger partial charge in [0.2, 0.25) is 33.9 Å². The predicted octanol–water partition coefficient (Wildman–Crippen LogP) is 22.8. The highest BCUT2D eigenvalue weighted by molar-refractivity contribution is 14.1. The van der Waals surface area contributed by atoms with Crippen molar-refractivity contribution >= 4 is 152 Å². The van der Waals surface area contributed by atoms with E-state index >= 15 is 0 Å². The molecule has 0 aromatic heterocycles. The summed E-state index contributed by atoms with van der Waals surface area (Å²) in [4.78, 5) is 49.4. The Morgan fingerprint density at radius 2 is 0.723 bits per heavy atom. The first-order valence-electron chi connectivity index (χ1n) is 36.1. The Balaban J connectivity index is 0.000000151. The van der Waals surface area contributed by atoms with Crippen molar-refractivity contribution in [1.29, 1.82) is 0 Å². The van der Waals surface area contributed by atoms with Crippen LogP contribution in [-0.4, -0.2) is 87.9 Å². The molecule has 112 heavy (non-hydrogen) atoms. The quantitative estimate of drug-likeness (QED) is 0.0537. The van der Waals surface area contributed by atoms with Gasteiger partial charge in [0.1, 0.15) is 51.9 Å². The fraction of sp³-hybridized carbons (Fsp3) is 0.357. The average Bonchev–Trinajstić information content (AvgIpc) is 1.33. The number of hydrogen-bond donors (Lipinski definition) is 0. The van der Waals surface area contributed by atoms with Gasteiger partial charge in [0.15, 0.2) is 46.0 Å². The van der Waals surface area contributed by atoms with Gasteiger partial charge in [0, 0.05) is 113 Å². The van der Waals surface area contributed by atoms with Crippen LogP contribution in [0, 0.1) is 5.82 Å². The van der Waals surface area contributed by atoms with Gasteiger partial charge >= 0.3 is 0 Å². The van der Waals surface area contributed by atoms with Gasteiger partial charge in [-0.25, -0.2) is 13.2 Å². The number of ether oxygens (including phenoxy) is 12. The van der Waals surface area contributed by atoms with E-state index < -0.39 is 11.2 Å². The highest BCUT2D eigenvalue weighted by Crippen LogP contribution is 2.51. The number of ketones is 4. The van der Waals surface area contributed by atoms with Gasteiger partial charge < -0.3 is 56.8 Å². The minimum Gasteiger partial charge on any atom is -0.494 e. The molecule has 16 nitrogen and oxygen atoms in total. The van der Waals surface area contributed by atoms with Crippen molar-refractivity contribution in [2.75, 3.05) is 53.6 Å². The molecule has 0 spiro atoms. The average molecular weight is 2050 g/mol. The number of hydrogen-bond acceptors (Lipinski definition) is 16. The van der Waals surface area contributed by atoms with Gasteiger partial charge in [-0.05, 0) is 253 Å². The Morgan fingerprint density at radius 1 is 0.438 bits per heavy atom. The van der Waals surface area contributed by atoms with E-state index in [-0.39, 0.29) is 79.8 Å². The Labute approximate surface area is 714 Å². The number of allylic oxidation sites excluding steroid dienone is 1. The second-order valence-electron chi connectivity index (χ2n) is 26.0. The molecule has 6 unspecified atom stereocenters. The molecule has 8 aromatic rings. The number of halogens is 12. The van der Waals surface area contributed by atoms with Crippen LogP contribution in [0.4, 0.5) is 22.0 Å². The predicted molar refractivity (Wildman–Crippen MR) is 451 cm³/mol. The Kier molecular flexibility index (Phi) is 32.9. The van der Waals surface area contributed by atoms with Crippen molar-refractivity contribution in [3.63, 3.8) is 0 Å². The van der Waals surface area contributed by atoms with E-state index in [1.54, 1.807) is 28.7 Å². The maximum atomic E-state index is 13.6. The highest BCUT2D eigenvalue weighted by Gasteiger charge is 2.37. The Bertz CT molecular complexity index is 4360. The molecule has 8 aromatic carbocycles. The maximum Gasteiger partial charge on any atom is 0.287 e. The van der Waals surface area contributed by atoms with Crippen molar-refractivity contribution in [2.45, 2.75) is 134 Å². The molecular formula is C84H80Br2Cl2F5I3O16. The molecule has 0 amide bonds. The van der Waals surface area contributed by atoms with Crippen molar-refractivity contribution in [3.05, 3.63) is 215 Å². The molecule has 4 aliphatic carbocycles. The van der Waals surface area contributed by atoms with Gasteiger partial charge in [-0.15, -0.1) is 0 Å². The van der Waals surface area contributed by atoms with Crippen molar-refractivity contribution in [1.82, 2.24) is 0 Å². The largest absolute Gasteiger partial charge is 0.494 e. The van der Waals surface area contributed by atoms with E-state index in [1.165, 1.54) is 34.7 Å². The summed E-state index contributed by atoms with van der Waals surface area (Å²) in [7, 11) is 0. The number of carbonyl (C=O) groups excluding carboxylic acids is 4. The lowest BCUT2D eigenvalue weighted by Crippen LogP contribution is -2.20. The first kappa shape index (κ1) is 87.5. The van der Waals surface area contributed by atoms with Crippen LogP contribution in [0.2, 0.25) is 5.02 Å². The maximum absolute atomic E-state index is 13.6. The smallest absolute Gasteiger partial charge is 0.287 e. The van der Waals surface area contributed by atoms with Crippen LogP contribution < -0.4 is 56.8 Å². The Morgan fingerprint density at radius 3 is 1.05 bits per heavy atom. The van der Waals surface area contributed by atoms with Gasteiger partial charge in [0.25, 0.3) is 4.43 Å². The summed E-state index contributed by atoms with van der Waals surface area (Å²) in [6, 6.07) is 38.1. The summed E-state index contributed by atoms with van der Waals surface area (Å²) < 4.78 is 120. The number of rotatable bonds is 15. The molecule has 6 atom stereocenters. The lowest BCUT2D eigenvalue weighted by molar-refractivity contribution is -0.119. The molecule has 0 N–H and O–H groups in total. The third kappa shape index (κ3) is 23.5. The van der Waals surface area contributed by atoms with Gasteiger partial charge in [-0.3, -0.25) is 19.2 Å². The monoisotopic (exact) mass is 2050 g/mol. The zero-order valence-corrected chi connectivity index (χ0v) is 72.7. The van der Waals surface area contributed by atoms with Crippen molar-refractivity contribution in [3.8, 4) is 69.0 Å². The van der Waals surface area contributed by atoms with E-state index in [9.17, 15) is 41.1 Å². The molecular weight excluding hydrogens is 1970 g/mol. The number of Topliss-reactive ketones (excluding diaryl/α,β-unsaturated/α-hetero) is 4. The first-order valence-corrected chi connectivity index (χ1v) is 42.3. The van der Waals surface area contributed by atoms with Crippen LogP contribution in [0.1, 0.15) is 169 Å². The number of alkyl halides is 9. The Hall–Kier alpha value is -6.84. The van der Waals surface area contributed by atoms with Gasteiger partial charge in [0.05, 0.1) is 26.4 Å². The van der Waals surface area contributed by atoms with E-state index in [4.69, 9.17) is 68.4 Å². The minimum absolute atomic E-state index is 0.0228. The molecule has 0 fully saturated rings. The van der Waals surface area contributed by atoms with Gasteiger partial charge in [-0.1, -0.05) is 95.0 Å². The summed E-state index contributed by atoms with van der Waals surface area (Å²) in [5, 5.41) is 0.621. The summed E-state index contributed by atoms with van der Waals surface area (Å²) in [6.07, 6.45) is 10.0. The molecule has 16 rings (SSSR count). The van der Waals surface area contributed by atoms with Crippen LogP contribution in [-0.2, 0) is 44.9 Å². The number of unbranched alkanes of at least 4 members (excludes halogenated alkanes) is 1. The lowest BCUT2D eigenvalue weighted by atomic mass is 9.77. The zero-order valence-electron chi connectivity index (χ0n) is 61.5. The summed E-state index contributed by atoms with van der Waals surface area (Å²) in [5.74, 6) is 8.87. The van der Waals surface area contributed by atoms with Crippen LogP contribution in [0.3, 0.4) is 0 Å². The molecule has 28 heteroatoms. The number of carbonyl (C=O) groups is 4. The standard InChI is InChI=1S/C24H26O4.C19H17BrO4.C19H17ClO4.C19H17FO4.CHBrFI.CHClFI.CHF2I/c1-3-5-6-7-16-8-9-19(22(10-16)26-4-2)21-13-18(25)11-17-12-23-24(14-20(17)21)28-15-27-23;3*1-2-22-17-7-12(20)3-4-14(17)16-8-13(21)5-11-6-18-19(9-15(11)16)24-10-23-18;3*2-1(3)4/h6-10,12,14,21H,3-5,11,13,15H2,1-2H3;3*3-4,6-7,9,16H,2,5,8,10H2,1H3;3*1H/b7-6+;;;;;;. The summed E-state index contributed by atoms with van der Waals surface area (Å²) in [6.45, 7) is 12.9. The van der Waals surface area contributed by atoms with Crippen LogP contribution in [0.25, 0.3) is 6.08 Å². The van der Waals surface area contributed by atoms with Crippen molar-refractivity contribution in [2.24, 2.45) is 0 Å². The molecule has 8 aliphatic rings. The molecule has 0 saturated heterocycles. The normalized spacial score (nSPS) is 17.7. The highest BCUT2D eigenvalue weighted by atomic mass is 127. The van der Waals surface area contributed by atoms with Crippen LogP contribution >= 0.6 is 123 Å². The fourth-order valence-electron chi connectivity index (χ4n) is 14.3. The SMILES string of the molecule is CCC/C=C/c1ccc(C2CC(=O)Cc3cc4c(cc32)OCO4)c(OCC)c1.CCOc1cc(Br)ccc1C1CC(=O)Cc2cc3c(cc21)OCO3.CCOc1cc(Cl)ccc1C1CC(=O)Cc2cc3c(cc21)OCO3.CCOc1cc(F)ccc1C1CC(=O)Cc2cc3c(cc21)OCO3.FC(Br)I.FC(Cl)I.FC(F)I. The van der Waals surface area contributed by atoms with Crippen molar-refractivity contribution < 1.29 is 98.0 Å². The summed E-state index contributed by atoms with van der Waals surface area (Å²) >= 11 is 20.8. The second-order valence-corrected chi connectivity index (χ2v) is 34.1. The van der Waals surface area contributed by atoms with Gasteiger partial charge in [-0.2, -0.15) is 8.78 Å². The summed E-state index contributed by atoms with van der Waals surface area (Å²) in [5.41, 5.74) is 13.4. The van der Waals surface area contributed by atoms with E-state index in [2.05, 4.69) is 80.7 Å². The molecule has 596 valence electrons. The van der Waals surface area contributed by atoms with Crippen LogP contribution in [0.5, 0.6) is 69.0 Å². The van der Waals surface area contributed by atoms with Crippen LogP contribution in [0.15, 0.2) is 132 Å². The number of benzene rings is 8. The van der Waals surface area contributed by atoms with E-state index in [0.29, 0.717) is 106 Å². The third-order valence-electron chi connectivity index (χ3n) is 18.7. The second kappa shape index (κ2) is 42.2. The molecule has 4 heterocycles. The van der Waals surface area contributed by atoms with E-state index in [0.717, 1.165) is 158 Å². The minimum atomic E-state index is -2.20. The number of fused-ring (bicyclic) bond motifs is 8. The topological polar surface area (TPSA) is 179 Å². The first-order chi connectivity index (χ1) is 53.8. The molecule has 0 bridgehead atoms. The third-order valence-corrected chi connectivity index (χ3v) is 19.5. The molecule has 0 radical (unpaired) electrons. The fourth-order valence-corrected chi connectivity index (χ4v) is 14.8. The molecule has 4 aliphatic heterocycles. The zero-order chi connectivity index (χ0) is 80.3. The molecule has 0 saturated carbocycles. The van der Waals surface area contributed by atoms with E-state index in [1.807, 2.05) is 113 Å². The lowest BCUT2D eigenvalue weighted by Gasteiger charge is -2.27.